The normalized spacial score (nSPS) is 56.0. The SMILES string of the molecule is CN[C@H]1CCC23[C@@H](C)[C@]24CC[C@]2(C)C(C(C)=O)=CC[C@@]2(C)[C@@H]4CC[C@H]3C1(C)C. The van der Waals surface area contributed by atoms with Crippen molar-refractivity contribution >= 4 is 5.78 Å². The maximum Gasteiger partial charge on any atom is 0.156 e. The van der Waals surface area contributed by atoms with E-state index < -0.39 is 0 Å². The molecular weight excluding hydrogens is 342 g/mol. The van der Waals surface area contributed by atoms with Gasteiger partial charge in [-0.15, -0.1) is 0 Å². The molecular formula is C26H41NO. The van der Waals surface area contributed by atoms with Crippen LogP contribution in [-0.2, 0) is 4.79 Å². The second-order valence-electron chi connectivity index (χ2n) is 12.3. The highest BCUT2D eigenvalue weighted by Gasteiger charge is 2.85. The van der Waals surface area contributed by atoms with Gasteiger partial charge >= 0.3 is 0 Å². The van der Waals surface area contributed by atoms with Crippen LogP contribution in [-0.4, -0.2) is 18.9 Å². The monoisotopic (exact) mass is 383 g/mol. The average molecular weight is 384 g/mol. The Hall–Kier alpha value is -0.630. The van der Waals surface area contributed by atoms with Gasteiger partial charge in [0.1, 0.15) is 0 Å². The number of Topliss-reactive ketones (excluding diaryl/α,β-unsaturated/α-hetero) is 1. The van der Waals surface area contributed by atoms with E-state index in [0.717, 1.165) is 29.7 Å². The molecule has 2 spiro atoms. The van der Waals surface area contributed by atoms with Crippen molar-refractivity contribution in [3.8, 4) is 0 Å². The number of carbonyl (C=O) groups is 1. The van der Waals surface area contributed by atoms with E-state index >= 15 is 0 Å². The van der Waals surface area contributed by atoms with Gasteiger partial charge in [0, 0.05) is 11.5 Å². The second kappa shape index (κ2) is 5.34. The van der Waals surface area contributed by atoms with Crippen LogP contribution in [0.1, 0.15) is 86.5 Å². The number of rotatable bonds is 2. The molecule has 8 atom stereocenters. The van der Waals surface area contributed by atoms with Crippen LogP contribution < -0.4 is 5.32 Å². The molecule has 2 heteroatoms. The molecule has 0 aromatic rings. The van der Waals surface area contributed by atoms with Crippen LogP contribution >= 0.6 is 0 Å². The van der Waals surface area contributed by atoms with Crippen LogP contribution in [0.5, 0.6) is 0 Å². The Morgan fingerprint density at radius 2 is 1.64 bits per heavy atom. The minimum Gasteiger partial charge on any atom is -0.316 e. The molecule has 0 saturated heterocycles. The summed E-state index contributed by atoms with van der Waals surface area (Å²) in [6, 6.07) is 0.659. The molecule has 5 aliphatic rings. The molecule has 4 saturated carbocycles. The van der Waals surface area contributed by atoms with Gasteiger partial charge < -0.3 is 5.32 Å². The predicted molar refractivity (Wildman–Crippen MR) is 115 cm³/mol. The number of fused-ring (bicyclic) bond motifs is 2. The molecule has 28 heavy (non-hydrogen) atoms. The zero-order chi connectivity index (χ0) is 20.3. The van der Waals surface area contributed by atoms with Crippen molar-refractivity contribution in [3.63, 3.8) is 0 Å². The van der Waals surface area contributed by atoms with Gasteiger partial charge in [-0.25, -0.2) is 0 Å². The van der Waals surface area contributed by atoms with E-state index in [9.17, 15) is 4.79 Å². The van der Waals surface area contributed by atoms with Crippen molar-refractivity contribution < 1.29 is 4.79 Å². The Kier molecular flexibility index (Phi) is 3.69. The quantitative estimate of drug-likeness (QED) is 0.656. The van der Waals surface area contributed by atoms with Gasteiger partial charge in [-0.2, -0.15) is 0 Å². The lowest BCUT2D eigenvalue weighted by Crippen LogP contribution is -2.59. The molecule has 0 heterocycles. The number of hydrogen-bond donors (Lipinski definition) is 1. The maximum atomic E-state index is 12.5. The Labute approximate surface area is 172 Å². The van der Waals surface area contributed by atoms with Crippen molar-refractivity contribution in [3.05, 3.63) is 11.6 Å². The third-order valence-electron chi connectivity index (χ3n) is 12.1. The molecule has 5 rings (SSSR count). The first kappa shape index (κ1) is 19.3. The molecule has 0 amide bonds. The van der Waals surface area contributed by atoms with Crippen LogP contribution in [0.2, 0.25) is 0 Å². The van der Waals surface area contributed by atoms with Crippen molar-refractivity contribution in [2.75, 3.05) is 7.05 Å². The first-order valence-corrected chi connectivity index (χ1v) is 11.9. The molecule has 0 aromatic heterocycles. The van der Waals surface area contributed by atoms with Gasteiger partial charge in [-0.05, 0) is 104 Å². The smallest absolute Gasteiger partial charge is 0.156 e. The zero-order valence-electron chi connectivity index (χ0n) is 19.2. The standard InChI is InChI=1S/C26H41NO/c1-16(28)18-10-12-24(6)20-9-8-19-22(3,4)21(27-7)11-13-25(19)17(2)26(20,25)15-14-23(18,24)5/h10,17,19-21,27H,8-9,11-15H2,1-7H3/t17-,19+,20+,21+,23-,24+,25?,26+/m1/s1. The molecule has 1 unspecified atom stereocenters. The summed E-state index contributed by atoms with van der Waals surface area (Å²) in [5.74, 6) is 2.83. The summed E-state index contributed by atoms with van der Waals surface area (Å²) in [6.45, 7) is 14.5. The summed E-state index contributed by atoms with van der Waals surface area (Å²) in [6.07, 6.45) is 11.6. The van der Waals surface area contributed by atoms with Crippen LogP contribution in [0.4, 0.5) is 0 Å². The number of hydrogen-bond acceptors (Lipinski definition) is 2. The Balaban J connectivity index is 1.57. The van der Waals surface area contributed by atoms with E-state index in [2.05, 4.69) is 53.1 Å². The highest BCUT2D eigenvalue weighted by molar-refractivity contribution is 5.95. The van der Waals surface area contributed by atoms with Gasteiger partial charge in [0.05, 0.1) is 0 Å². The third-order valence-corrected chi connectivity index (χ3v) is 12.1. The number of carbonyl (C=O) groups excluding carboxylic acids is 1. The summed E-state index contributed by atoms with van der Waals surface area (Å²) in [5.41, 5.74) is 3.03. The van der Waals surface area contributed by atoms with Crippen LogP contribution in [0.15, 0.2) is 11.6 Å². The Bertz CT molecular complexity index is 766. The zero-order valence-corrected chi connectivity index (χ0v) is 19.2. The fraction of sp³-hybridized carbons (Fsp3) is 0.885. The molecule has 0 aliphatic heterocycles. The fourth-order valence-electron chi connectivity index (χ4n) is 10.7. The van der Waals surface area contributed by atoms with Crippen molar-refractivity contribution in [1.29, 1.82) is 0 Å². The van der Waals surface area contributed by atoms with Crippen molar-refractivity contribution in [1.82, 2.24) is 5.32 Å². The maximum absolute atomic E-state index is 12.5. The van der Waals surface area contributed by atoms with E-state index in [0.29, 0.717) is 28.1 Å². The molecule has 0 aromatic carbocycles. The minimum absolute atomic E-state index is 0.1000. The van der Waals surface area contributed by atoms with E-state index in [4.69, 9.17) is 0 Å². The van der Waals surface area contributed by atoms with Crippen molar-refractivity contribution in [2.45, 2.75) is 92.5 Å². The summed E-state index contributed by atoms with van der Waals surface area (Å²) in [4.78, 5) is 12.5. The number of ketones is 1. The van der Waals surface area contributed by atoms with Gasteiger partial charge in [0.15, 0.2) is 5.78 Å². The molecule has 156 valence electrons. The van der Waals surface area contributed by atoms with Gasteiger partial charge in [0.25, 0.3) is 0 Å². The fourth-order valence-corrected chi connectivity index (χ4v) is 10.7. The lowest BCUT2D eigenvalue weighted by molar-refractivity contribution is -0.133. The first-order valence-electron chi connectivity index (χ1n) is 11.9. The number of allylic oxidation sites excluding steroid dienone is 2. The predicted octanol–water partition coefficient (Wildman–Crippen LogP) is 5.77. The van der Waals surface area contributed by atoms with E-state index in [1.165, 1.54) is 38.5 Å². The summed E-state index contributed by atoms with van der Waals surface area (Å²) >= 11 is 0. The molecule has 2 nitrogen and oxygen atoms in total. The molecule has 0 bridgehead atoms. The highest BCUT2D eigenvalue weighted by atomic mass is 16.1. The van der Waals surface area contributed by atoms with Crippen molar-refractivity contribution in [2.24, 2.45) is 44.8 Å². The third kappa shape index (κ3) is 1.73. The average Bonchev–Trinajstić information content (AvgIpc) is 3.01. The first-order chi connectivity index (χ1) is 13.0. The molecule has 5 aliphatic carbocycles. The van der Waals surface area contributed by atoms with E-state index in [-0.39, 0.29) is 10.8 Å². The lowest BCUT2D eigenvalue weighted by Gasteiger charge is -2.63. The van der Waals surface area contributed by atoms with Gasteiger partial charge in [0.2, 0.25) is 0 Å². The van der Waals surface area contributed by atoms with Crippen LogP contribution in [0.3, 0.4) is 0 Å². The summed E-state index contributed by atoms with van der Waals surface area (Å²) < 4.78 is 0. The Morgan fingerprint density at radius 3 is 2.29 bits per heavy atom. The molecule has 1 N–H and O–H groups in total. The summed E-state index contributed by atoms with van der Waals surface area (Å²) in [5, 5.41) is 3.67. The van der Waals surface area contributed by atoms with Gasteiger partial charge in [-0.1, -0.05) is 40.7 Å². The molecule has 4 fully saturated rings. The molecule has 0 radical (unpaired) electrons. The largest absolute Gasteiger partial charge is 0.316 e. The minimum atomic E-state index is 0.1000. The topological polar surface area (TPSA) is 29.1 Å². The van der Waals surface area contributed by atoms with E-state index in [1.54, 1.807) is 6.92 Å². The Morgan fingerprint density at radius 1 is 1.00 bits per heavy atom. The van der Waals surface area contributed by atoms with E-state index in [1.807, 2.05) is 0 Å². The number of nitrogens with one attached hydrogen (secondary N) is 1. The van der Waals surface area contributed by atoms with Crippen LogP contribution in [0, 0.1) is 44.8 Å². The second-order valence-corrected chi connectivity index (χ2v) is 12.3. The van der Waals surface area contributed by atoms with Crippen LogP contribution in [0.25, 0.3) is 0 Å². The highest BCUT2D eigenvalue weighted by Crippen LogP contribution is 2.90. The lowest BCUT2D eigenvalue weighted by atomic mass is 9.42. The van der Waals surface area contributed by atoms with Gasteiger partial charge in [-0.3, -0.25) is 4.79 Å². The summed E-state index contributed by atoms with van der Waals surface area (Å²) in [7, 11) is 2.17.